The number of aromatic nitrogens is 3. The predicted octanol–water partition coefficient (Wildman–Crippen LogP) is 5.02. The highest BCUT2D eigenvalue weighted by molar-refractivity contribution is 8.00. The minimum atomic E-state index is -0.384. The van der Waals surface area contributed by atoms with Crippen LogP contribution in [0.25, 0.3) is 17.1 Å². The summed E-state index contributed by atoms with van der Waals surface area (Å²) >= 11 is 1.35. The van der Waals surface area contributed by atoms with Gasteiger partial charge in [0, 0.05) is 5.56 Å². The predicted molar refractivity (Wildman–Crippen MR) is 113 cm³/mol. The van der Waals surface area contributed by atoms with E-state index in [9.17, 15) is 4.79 Å². The molecule has 3 rings (SSSR count). The second-order valence-electron chi connectivity index (χ2n) is 7.00. The Morgan fingerprint density at radius 3 is 2.36 bits per heavy atom. The van der Waals surface area contributed by atoms with Gasteiger partial charge in [0.25, 0.3) is 0 Å². The average Bonchev–Trinajstić information content (AvgIpc) is 3.11. The zero-order chi connectivity index (χ0) is 20.3. The van der Waals surface area contributed by atoms with Gasteiger partial charge in [-0.3, -0.25) is 9.36 Å². The summed E-state index contributed by atoms with van der Waals surface area (Å²) in [6.07, 6.45) is 0. The van der Waals surface area contributed by atoms with Crippen molar-refractivity contribution < 1.29 is 9.53 Å². The van der Waals surface area contributed by atoms with Gasteiger partial charge in [0.05, 0.1) is 12.8 Å². The number of ether oxygens (including phenoxy) is 1. The lowest BCUT2D eigenvalue weighted by molar-refractivity contribution is -0.139. The van der Waals surface area contributed by atoms with Crippen molar-refractivity contribution in [1.82, 2.24) is 14.8 Å². The van der Waals surface area contributed by atoms with Crippen LogP contribution in [-0.2, 0) is 9.53 Å². The lowest BCUT2D eigenvalue weighted by Gasteiger charge is -2.17. The Hall–Kier alpha value is -2.60. The Labute approximate surface area is 170 Å². The van der Waals surface area contributed by atoms with Crippen LogP contribution in [0.15, 0.2) is 53.7 Å². The number of hydrogen-bond acceptors (Lipinski definition) is 5. The van der Waals surface area contributed by atoms with Gasteiger partial charge in [-0.05, 0) is 31.4 Å². The Balaban J connectivity index is 2.17. The fourth-order valence-electron chi connectivity index (χ4n) is 3.00. The van der Waals surface area contributed by atoms with Gasteiger partial charge < -0.3 is 4.74 Å². The van der Waals surface area contributed by atoms with Gasteiger partial charge in [-0.1, -0.05) is 73.6 Å². The first-order chi connectivity index (χ1) is 13.4. The van der Waals surface area contributed by atoms with Gasteiger partial charge in [-0.15, -0.1) is 10.2 Å². The summed E-state index contributed by atoms with van der Waals surface area (Å²) in [6.45, 7) is 8.20. The fraction of sp³-hybridized carbons (Fsp3) is 0.318. The van der Waals surface area contributed by atoms with E-state index in [1.54, 1.807) is 0 Å². The molecule has 0 radical (unpaired) electrons. The Morgan fingerprint density at radius 1 is 1.04 bits per heavy atom. The van der Waals surface area contributed by atoms with Crippen LogP contribution in [-0.4, -0.2) is 33.1 Å². The van der Waals surface area contributed by atoms with Crippen molar-refractivity contribution in [1.29, 1.82) is 0 Å². The molecule has 0 bridgehead atoms. The molecule has 0 fully saturated rings. The molecule has 0 amide bonds. The molecule has 0 aliphatic carbocycles. The molecule has 1 aromatic heterocycles. The molecular formula is C22H25N3O2S. The highest BCUT2D eigenvalue weighted by Gasteiger charge is 2.23. The van der Waals surface area contributed by atoms with Gasteiger partial charge in [0.15, 0.2) is 11.0 Å². The van der Waals surface area contributed by atoms with Crippen LogP contribution in [0.2, 0.25) is 0 Å². The molecule has 3 aromatic rings. The van der Waals surface area contributed by atoms with E-state index in [1.165, 1.54) is 30.0 Å². The number of thioether (sulfide) groups is 1. The first-order valence-corrected chi connectivity index (χ1v) is 10.2. The number of benzene rings is 2. The quantitative estimate of drug-likeness (QED) is 0.433. The van der Waals surface area contributed by atoms with Gasteiger partial charge in [-0.25, -0.2) is 0 Å². The van der Waals surface area contributed by atoms with E-state index < -0.39 is 0 Å². The maximum absolute atomic E-state index is 12.0. The molecule has 5 nitrogen and oxygen atoms in total. The molecule has 1 unspecified atom stereocenters. The smallest absolute Gasteiger partial charge is 0.318 e. The van der Waals surface area contributed by atoms with Gasteiger partial charge >= 0.3 is 5.97 Å². The second-order valence-corrected chi connectivity index (χ2v) is 8.31. The third-order valence-electron chi connectivity index (χ3n) is 4.56. The minimum Gasteiger partial charge on any atom is -0.468 e. The van der Waals surface area contributed by atoms with E-state index in [-0.39, 0.29) is 11.2 Å². The molecule has 0 saturated carbocycles. The third kappa shape index (κ3) is 4.12. The first-order valence-electron chi connectivity index (χ1n) is 9.28. The molecule has 0 saturated heterocycles. The van der Waals surface area contributed by atoms with Crippen molar-refractivity contribution in [3.05, 3.63) is 59.7 Å². The van der Waals surface area contributed by atoms with Crippen LogP contribution in [0, 0.1) is 6.92 Å². The van der Waals surface area contributed by atoms with Crippen LogP contribution in [0.4, 0.5) is 0 Å². The van der Waals surface area contributed by atoms with Crippen molar-refractivity contribution >= 4 is 17.7 Å². The molecule has 0 spiro atoms. The summed E-state index contributed by atoms with van der Waals surface area (Å²) in [7, 11) is 1.40. The summed E-state index contributed by atoms with van der Waals surface area (Å²) < 4.78 is 6.92. The molecule has 1 atom stereocenters. The number of aryl methyl sites for hydroxylation is 1. The number of para-hydroxylation sites is 1. The highest BCUT2D eigenvalue weighted by atomic mass is 32.2. The molecule has 0 aliphatic rings. The molecule has 0 aliphatic heterocycles. The summed E-state index contributed by atoms with van der Waals surface area (Å²) in [4.78, 5) is 12.0. The Morgan fingerprint density at radius 2 is 1.71 bits per heavy atom. The van der Waals surface area contributed by atoms with Crippen LogP contribution < -0.4 is 0 Å². The summed E-state index contributed by atoms with van der Waals surface area (Å²) in [5.74, 6) is 0.807. The topological polar surface area (TPSA) is 57.0 Å². The van der Waals surface area contributed by atoms with Gasteiger partial charge in [0.1, 0.15) is 5.25 Å². The number of methoxy groups -OCH3 is 1. The van der Waals surface area contributed by atoms with Gasteiger partial charge in [-0.2, -0.15) is 0 Å². The van der Waals surface area contributed by atoms with Gasteiger partial charge in [0.2, 0.25) is 0 Å². The van der Waals surface area contributed by atoms with E-state index in [0.29, 0.717) is 11.1 Å². The molecule has 0 N–H and O–H groups in total. The highest BCUT2D eigenvalue weighted by Crippen LogP contribution is 2.33. The number of carbonyl (C=O) groups excluding carboxylic acids is 1. The van der Waals surface area contributed by atoms with Crippen molar-refractivity contribution in [2.75, 3.05) is 7.11 Å². The number of esters is 1. The Kier molecular flexibility index (Phi) is 6.19. The number of rotatable bonds is 6. The zero-order valence-electron chi connectivity index (χ0n) is 16.8. The maximum Gasteiger partial charge on any atom is 0.318 e. The average molecular weight is 396 g/mol. The number of nitrogens with zero attached hydrogens (tertiary/aromatic N) is 3. The van der Waals surface area contributed by atoms with Crippen LogP contribution in [0.3, 0.4) is 0 Å². The summed E-state index contributed by atoms with van der Waals surface area (Å²) in [6, 6.07) is 16.5. The van der Waals surface area contributed by atoms with Crippen LogP contribution in [0.1, 0.15) is 37.8 Å². The molecular weight excluding hydrogens is 370 g/mol. The lowest BCUT2D eigenvalue weighted by Crippen LogP contribution is -2.16. The van der Waals surface area contributed by atoms with E-state index in [4.69, 9.17) is 4.74 Å². The molecule has 6 heteroatoms. The fourth-order valence-corrected chi connectivity index (χ4v) is 3.89. The minimum absolute atomic E-state index is 0.284. The number of carbonyl (C=O) groups is 1. The third-order valence-corrected chi connectivity index (χ3v) is 5.58. The SMILES string of the molecule is COC(=O)C(C)Sc1nnc(-c2ccc(C)cc2)n1-c1ccccc1C(C)C. The monoisotopic (exact) mass is 395 g/mol. The normalized spacial score (nSPS) is 12.2. The maximum atomic E-state index is 12.0. The standard InChI is InChI=1S/C22H25N3O2S/c1-14(2)18-8-6-7-9-19(18)25-20(17-12-10-15(3)11-13-17)23-24-22(25)28-16(4)21(26)27-5/h6-14,16H,1-5H3. The van der Waals surface area contributed by atoms with E-state index in [1.807, 2.05) is 35.8 Å². The van der Waals surface area contributed by atoms with E-state index in [0.717, 1.165) is 17.1 Å². The molecule has 2 aromatic carbocycles. The lowest BCUT2D eigenvalue weighted by atomic mass is 10.0. The summed E-state index contributed by atoms with van der Waals surface area (Å²) in [5, 5.41) is 9.17. The molecule has 146 valence electrons. The van der Waals surface area contributed by atoms with Crippen molar-refractivity contribution in [3.8, 4) is 17.1 Å². The molecule has 1 heterocycles. The van der Waals surface area contributed by atoms with Crippen molar-refractivity contribution in [2.24, 2.45) is 0 Å². The molecule has 28 heavy (non-hydrogen) atoms. The summed E-state index contributed by atoms with van der Waals surface area (Å²) in [5.41, 5.74) is 4.39. The first kappa shape index (κ1) is 20.1. The van der Waals surface area contributed by atoms with E-state index in [2.05, 4.69) is 55.2 Å². The zero-order valence-corrected chi connectivity index (χ0v) is 17.7. The van der Waals surface area contributed by atoms with E-state index >= 15 is 0 Å². The van der Waals surface area contributed by atoms with Crippen LogP contribution >= 0.6 is 11.8 Å². The second kappa shape index (κ2) is 8.61. The van der Waals surface area contributed by atoms with Crippen molar-refractivity contribution in [3.63, 3.8) is 0 Å². The Bertz CT molecular complexity index is 964. The van der Waals surface area contributed by atoms with Crippen LogP contribution in [0.5, 0.6) is 0 Å². The largest absolute Gasteiger partial charge is 0.468 e. The van der Waals surface area contributed by atoms with Crippen molar-refractivity contribution in [2.45, 2.75) is 44.0 Å². The number of hydrogen-bond donors (Lipinski definition) is 0.